The molecular formula is C13H22N4. The monoisotopic (exact) mass is 234 g/mol. The van der Waals surface area contributed by atoms with E-state index in [1.165, 1.54) is 11.3 Å². The largest absolute Gasteiger partial charge is 0.328 e. The molecule has 0 aromatic carbocycles. The van der Waals surface area contributed by atoms with E-state index in [0.717, 1.165) is 31.5 Å². The van der Waals surface area contributed by atoms with Crippen LogP contribution in [0.4, 0.5) is 0 Å². The molecule has 0 aliphatic heterocycles. The standard InChI is InChI=1S/C13H22N4/c1-10(15)9-13-11(2)16-17(12(13)3)8-6-4-5-7-14/h10H,4-6,8-9,15H2,1-3H3. The fourth-order valence-electron chi connectivity index (χ4n) is 2.03. The lowest BCUT2D eigenvalue weighted by molar-refractivity contribution is 0.546. The number of nitriles is 1. The Labute approximate surface area is 103 Å². The molecule has 1 aromatic heterocycles. The summed E-state index contributed by atoms with van der Waals surface area (Å²) < 4.78 is 2.05. The van der Waals surface area contributed by atoms with Crippen LogP contribution in [0.25, 0.3) is 0 Å². The summed E-state index contributed by atoms with van der Waals surface area (Å²) in [6, 6.07) is 2.34. The van der Waals surface area contributed by atoms with Crippen LogP contribution in [0.2, 0.25) is 0 Å². The lowest BCUT2D eigenvalue weighted by Crippen LogP contribution is -2.18. The lowest BCUT2D eigenvalue weighted by Gasteiger charge is -2.06. The summed E-state index contributed by atoms with van der Waals surface area (Å²) in [5, 5.41) is 13.0. The Hall–Kier alpha value is -1.34. The molecule has 0 bridgehead atoms. The number of nitrogens with zero attached hydrogens (tertiary/aromatic N) is 3. The van der Waals surface area contributed by atoms with Crippen molar-refractivity contribution >= 4 is 0 Å². The topological polar surface area (TPSA) is 67.6 Å². The first-order valence-corrected chi connectivity index (χ1v) is 6.21. The second-order valence-electron chi connectivity index (χ2n) is 4.67. The zero-order chi connectivity index (χ0) is 12.8. The van der Waals surface area contributed by atoms with Crippen LogP contribution in [0.15, 0.2) is 0 Å². The Morgan fingerprint density at radius 3 is 2.71 bits per heavy atom. The van der Waals surface area contributed by atoms with Gasteiger partial charge in [-0.15, -0.1) is 0 Å². The molecule has 2 N–H and O–H groups in total. The Morgan fingerprint density at radius 2 is 2.12 bits per heavy atom. The number of aromatic nitrogens is 2. The molecule has 0 aliphatic carbocycles. The highest BCUT2D eigenvalue weighted by Crippen LogP contribution is 2.15. The highest BCUT2D eigenvalue weighted by atomic mass is 15.3. The number of nitrogens with two attached hydrogens (primary N) is 1. The van der Waals surface area contributed by atoms with Gasteiger partial charge >= 0.3 is 0 Å². The van der Waals surface area contributed by atoms with Crippen LogP contribution in [-0.4, -0.2) is 15.8 Å². The van der Waals surface area contributed by atoms with E-state index in [2.05, 4.69) is 18.1 Å². The number of rotatable bonds is 6. The third kappa shape index (κ3) is 3.86. The predicted molar refractivity (Wildman–Crippen MR) is 68.5 cm³/mol. The van der Waals surface area contributed by atoms with Gasteiger partial charge in [-0.3, -0.25) is 4.68 Å². The van der Waals surface area contributed by atoms with Crippen molar-refractivity contribution < 1.29 is 0 Å². The van der Waals surface area contributed by atoms with E-state index in [1.807, 2.05) is 18.5 Å². The Morgan fingerprint density at radius 1 is 1.41 bits per heavy atom. The van der Waals surface area contributed by atoms with Gasteiger partial charge in [-0.1, -0.05) is 0 Å². The van der Waals surface area contributed by atoms with E-state index in [0.29, 0.717) is 6.42 Å². The van der Waals surface area contributed by atoms with Crippen molar-refractivity contribution in [1.82, 2.24) is 9.78 Å². The van der Waals surface area contributed by atoms with Crippen molar-refractivity contribution in [2.75, 3.05) is 0 Å². The van der Waals surface area contributed by atoms with Gasteiger partial charge in [-0.2, -0.15) is 10.4 Å². The van der Waals surface area contributed by atoms with Crippen LogP contribution in [0.3, 0.4) is 0 Å². The van der Waals surface area contributed by atoms with Crippen LogP contribution < -0.4 is 5.73 Å². The van der Waals surface area contributed by atoms with Crippen molar-refractivity contribution in [3.05, 3.63) is 17.0 Å². The molecule has 1 heterocycles. The van der Waals surface area contributed by atoms with Crippen molar-refractivity contribution in [2.24, 2.45) is 5.73 Å². The van der Waals surface area contributed by atoms with Gasteiger partial charge in [0.1, 0.15) is 0 Å². The van der Waals surface area contributed by atoms with E-state index in [9.17, 15) is 0 Å². The molecule has 17 heavy (non-hydrogen) atoms. The quantitative estimate of drug-likeness (QED) is 0.766. The van der Waals surface area contributed by atoms with Crippen molar-refractivity contribution in [3.63, 3.8) is 0 Å². The minimum absolute atomic E-state index is 0.170. The molecule has 0 aliphatic rings. The molecule has 1 rings (SSSR count). The van der Waals surface area contributed by atoms with E-state index >= 15 is 0 Å². The first-order chi connectivity index (χ1) is 8.06. The minimum Gasteiger partial charge on any atom is -0.328 e. The van der Waals surface area contributed by atoms with Gasteiger partial charge in [0.25, 0.3) is 0 Å². The summed E-state index contributed by atoms with van der Waals surface area (Å²) in [4.78, 5) is 0. The summed E-state index contributed by atoms with van der Waals surface area (Å²) in [5.41, 5.74) is 9.42. The van der Waals surface area contributed by atoms with E-state index in [1.54, 1.807) is 0 Å². The molecule has 1 aromatic rings. The summed E-state index contributed by atoms with van der Waals surface area (Å²) in [5.74, 6) is 0. The molecule has 0 fully saturated rings. The van der Waals surface area contributed by atoms with E-state index < -0.39 is 0 Å². The maximum absolute atomic E-state index is 8.48. The maximum Gasteiger partial charge on any atom is 0.0629 e. The summed E-state index contributed by atoms with van der Waals surface area (Å²) >= 11 is 0. The molecule has 4 heteroatoms. The van der Waals surface area contributed by atoms with E-state index in [4.69, 9.17) is 11.0 Å². The first-order valence-electron chi connectivity index (χ1n) is 6.21. The number of hydrogen-bond acceptors (Lipinski definition) is 3. The maximum atomic E-state index is 8.48. The summed E-state index contributed by atoms with van der Waals surface area (Å²) in [7, 11) is 0. The second-order valence-corrected chi connectivity index (χ2v) is 4.67. The van der Waals surface area contributed by atoms with Gasteiger partial charge in [0.2, 0.25) is 0 Å². The number of unbranched alkanes of at least 4 members (excludes halogenated alkanes) is 2. The lowest BCUT2D eigenvalue weighted by atomic mass is 10.1. The molecule has 0 saturated carbocycles. The zero-order valence-electron chi connectivity index (χ0n) is 11.0. The Kier molecular flexibility index (Phi) is 5.17. The van der Waals surface area contributed by atoms with Gasteiger partial charge in [0.05, 0.1) is 11.8 Å². The second kappa shape index (κ2) is 6.41. The highest BCUT2D eigenvalue weighted by Gasteiger charge is 2.12. The van der Waals surface area contributed by atoms with Crippen molar-refractivity contribution in [2.45, 2.75) is 59.0 Å². The molecule has 4 nitrogen and oxygen atoms in total. The predicted octanol–water partition coefficient (Wildman–Crippen LogP) is 2.08. The van der Waals surface area contributed by atoms with Crippen LogP contribution in [0.1, 0.15) is 43.1 Å². The fraction of sp³-hybridized carbons (Fsp3) is 0.692. The summed E-state index contributed by atoms with van der Waals surface area (Å²) in [6.45, 7) is 7.05. The average Bonchev–Trinajstić information content (AvgIpc) is 2.52. The van der Waals surface area contributed by atoms with Gasteiger partial charge in [-0.05, 0) is 45.6 Å². The molecule has 0 spiro atoms. The zero-order valence-corrected chi connectivity index (χ0v) is 11.0. The minimum atomic E-state index is 0.170. The van der Waals surface area contributed by atoms with Gasteiger partial charge in [-0.25, -0.2) is 0 Å². The smallest absolute Gasteiger partial charge is 0.0629 e. The number of aryl methyl sites for hydroxylation is 2. The van der Waals surface area contributed by atoms with E-state index in [-0.39, 0.29) is 6.04 Å². The molecule has 1 unspecified atom stereocenters. The van der Waals surface area contributed by atoms with Gasteiger partial charge in [0.15, 0.2) is 0 Å². The molecule has 1 atom stereocenters. The average molecular weight is 234 g/mol. The van der Waals surface area contributed by atoms with Crippen molar-refractivity contribution in [1.29, 1.82) is 5.26 Å². The fourth-order valence-corrected chi connectivity index (χ4v) is 2.03. The van der Waals surface area contributed by atoms with Gasteiger partial charge < -0.3 is 5.73 Å². The molecular weight excluding hydrogens is 212 g/mol. The highest BCUT2D eigenvalue weighted by molar-refractivity contribution is 5.25. The molecule has 0 amide bonds. The van der Waals surface area contributed by atoms with Crippen LogP contribution in [0.5, 0.6) is 0 Å². The van der Waals surface area contributed by atoms with Crippen molar-refractivity contribution in [3.8, 4) is 6.07 Å². The van der Waals surface area contributed by atoms with Gasteiger partial charge in [0, 0.05) is 24.7 Å². The normalized spacial score (nSPS) is 12.4. The molecule has 94 valence electrons. The molecule has 0 saturated heterocycles. The van der Waals surface area contributed by atoms with Crippen LogP contribution in [0, 0.1) is 25.2 Å². The third-order valence-electron chi connectivity index (χ3n) is 2.97. The van der Waals surface area contributed by atoms with Crippen LogP contribution >= 0.6 is 0 Å². The Bertz CT molecular complexity index is 398. The van der Waals surface area contributed by atoms with Crippen LogP contribution in [-0.2, 0) is 13.0 Å². The Balaban J connectivity index is 2.65. The SMILES string of the molecule is Cc1nn(CCCCC#N)c(C)c1CC(C)N. The molecule has 0 radical (unpaired) electrons. The first kappa shape index (κ1) is 13.7. The third-order valence-corrected chi connectivity index (χ3v) is 2.97. The number of hydrogen-bond donors (Lipinski definition) is 1. The summed E-state index contributed by atoms with van der Waals surface area (Å²) in [6.07, 6.45) is 3.46.